The highest BCUT2D eigenvalue weighted by molar-refractivity contribution is 8.02. The minimum absolute atomic E-state index is 0.296. The molecule has 0 heterocycles. The zero-order valence-corrected chi connectivity index (χ0v) is 10.5. The summed E-state index contributed by atoms with van der Waals surface area (Å²) in [5.41, 5.74) is 1.23. The lowest BCUT2D eigenvalue weighted by Gasteiger charge is -1.96. The molecule has 0 aromatic heterocycles. The molecule has 0 fully saturated rings. The van der Waals surface area contributed by atoms with E-state index in [2.05, 4.69) is 23.6 Å². The van der Waals surface area contributed by atoms with Crippen LogP contribution in [-0.2, 0) is 4.79 Å². The summed E-state index contributed by atoms with van der Waals surface area (Å²) in [5, 5.41) is 2.13. The van der Waals surface area contributed by atoms with Crippen molar-refractivity contribution in [3.63, 3.8) is 0 Å². The van der Waals surface area contributed by atoms with Gasteiger partial charge in [0.2, 0.25) is 0 Å². The van der Waals surface area contributed by atoms with E-state index < -0.39 is 0 Å². The van der Waals surface area contributed by atoms with E-state index in [1.165, 1.54) is 5.56 Å². The molecule has 86 valence electrons. The molecular weight excluding hydrogens is 216 g/mol. The number of Topliss-reactive ketones (excluding diaryl/α,β-unsaturated/α-hetero) is 1. The lowest BCUT2D eigenvalue weighted by Crippen LogP contribution is -1.89. The van der Waals surface area contributed by atoms with Crippen LogP contribution in [0.3, 0.4) is 0 Å². The van der Waals surface area contributed by atoms with Gasteiger partial charge in [-0.15, -0.1) is 11.8 Å². The molecule has 0 N–H and O–H groups in total. The van der Waals surface area contributed by atoms with Gasteiger partial charge in [-0.2, -0.15) is 0 Å². The molecule has 0 radical (unpaired) electrons. The Labute approximate surface area is 102 Å². The summed E-state index contributed by atoms with van der Waals surface area (Å²) in [5.74, 6) is 1.39. The molecule has 1 aromatic carbocycles. The molecule has 16 heavy (non-hydrogen) atoms. The fraction of sp³-hybridized carbons (Fsp3) is 0.357. The Hall–Kier alpha value is -1.02. The van der Waals surface area contributed by atoms with E-state index in [1.54, 1.807) is 6.92 Å². The molecule has 0 bridgehead atoms. The highest BCUT2D eigenvalue weighted by atomic mass is 32.2. The number of carbonyl (C=O) groups excluding carboxylic acids is 1. The van der Waals surface area contributed by atoms with Crippen LogP contribution >= 0.6 is 11.8 Å². The van der Waals surface area contributed by atoms with Crippen molar-refractivity contribution >= 4 is 23.6 Å². The number of thioether (sulfide) groups is 1. The standard InChI is InChI=1S/C14H18OS/c1-13(15)7-5-6-11-16-12-10-14-8-3-2-4-9-14/h2-4,8-10,12H,5-7,11H2,1H3/b12-10-. The Morgan fingerprint density at radius 1 is 1.25 bits per heavy atom. The van der Waals surface area contributed by atoms with Crippen LogP contribution in [0, 0.1) is 0 Å². The van der Waals surface area contributed by atoms with Crippen molar-refractivity contribution in [3.05, 3.63) is 41.3 Å². The maximum absolute atomic E-state index is 10.7. The zero-order valence-electron chi connectivity index (χ0n) is 9.69. The third-order valence-corrected chi connectivity index (χ3v) is 3.05. The molecule has 0 aliphatic rings. The monoisotopic (exact) mass is 234 g/mol. The van der Waals surface area contributed by atoms with Crippen LogP contribution in [0.2, 0.25) is 0 Å². The van der Waals surface area contributed by atoms with Crippen LogP contribution in [0.4, 0.5) is 0 Å². The first-order valence-corrected chi connectivity index (χ1v) is 6.66. The first kappa shape index (κ1) is 13.0. The first-order valence-electron chi connectivity index (χ1n) is 5.61. The van der Waals surface area contributed by atoms with Crippen molar-refractivity contribution in [3.8, 4) is 0 Å². The summed E-state index contributed by atoms with van der Waals surface area (Å²) in [7, 11) is 0. The molecule has 0 atom stereocenters. The van der Waals surface area contributed by atoms with Crippen LogP contribution in [0.15, 0.2) is 35.7 Å². The summed E-state index contributed by atoms with van der Waals surface area (Å²) >= 11 is 1.81. The predicted molar refractivity (Wildman–Crippen MR) is 72.5 cm³/mol. The van der Waals surface area contributed by atoms with Crippen LogP contribution in [0.25, 0.3) is 6.08 Å². The third-order valence-electron chi connectivity index (χ3n) is 2.20. The maximum Gasteiger partial charge on any atom is 0.129 e. The molecular formula is C14H18OS. The topological polar surface area (TPSA) is 17.1 Å². The SMILES string of the molecule is CC(=O)CCCCS/C=C\c1ccccc1. The van der Waals surface area contributed by atoms with E-state index in [9.17, 15) is 4.79 Å². The van der Waals surface area contributed by atoms with Gasteiger partial charge in [0.25, 0.3) is 0 Å². The van der Waals surface area contributed by atoms with Gasteiger partial charge >= 0.3 is 0 Å². The van der Waals surface area contributed by atoms with Crippen molar-refractivity contribution in [2.24, 2.45) is 0 Å². The lowest BCUT2D eigenvalue weighted by molar-refractivity contribution is -0.117. The van der Waals surface area contributed by atoms with Crippen molar-refractivity contribution in [1.82, 2.24) is 0 Å². The van der Waals surface area contributed by atoms with Gasteiger partial charge in [0, 0.05) is 6.42 Å². The van der Waals surface area contributed by atoms with Gasteiger partial charge in [-0.3, -0.25) is 0 Å². The van der Waals surface area contributed by atoms with E-state index in [4.69, 9.17) is 0 Å². The zero-order chi connectivity index (χ0) is 11.6. The number of rotatable bonds is 7. The molecule has 1 aromatic rings. The summed E-state index contributed by atoms with van der Waals surface area (Å²) in [4.78, 5) is 10.7. The molecule has 2 heteroatoms. The molecule has 1 rings (SSSR count). The number of carbonyl (C=O) groups is 1. The Morgan fingerprint density at radius 3 is 2.69 bits per heavy atom. The summed E-state index contributed by atoms with van der Waals surface area (Å²) < 4.78 is 0. The van der Waals surface area contributed by atoms with Crippen LogP contribution < -0.4 is 0 Å². The van der Waals surface area contributed by atoms with E-state index in [0.29, 0.717) is 5.78 Å². The molecule has 0 aliphatic carbocycles. The van der Waals surface area contributed by atoms with Gasteiger partial charge in [-0.25, -0.2) is 0 Å². The van der Waals surface area contributed by atoms with Gasteiger partial charge < -0.3 is 4.79 Å². The molecule has 0 saturated heterocycles. The highest BCUT2D eigenvalue weighted by Crippen LogP contribution is 2.11. The minimum Gasteiger partial charge on any atom is -0.300 e. The summed E-state index contributed by atoms with van der Waals surface area (Å²) in [6.45, 7) is 1.66. The third kappa shape index (κ3) is 6.46. The average molecular weight is 234 g/mol. The quantitative estimate of drug-likeness (QED) is 0.659. The fourth-order valence-electron chi connectivity index (χ4n) is 1.32. The van der Waals surface area contributed by atoms with E-state index in [-0.39, 0.29) is 0 Å². The maximum atomic E-state index is 10.7. The molecule has 1 nitrogen and oxygen atoms in total. The van der Waals surface area contributed by atoms with Gasteiger partial charge in [0.05, 0.1) is 0 Å². The number of hydrogen-bond donors (Lipinski definition) is 0. The molecule has 0 unspecified atom stereocenters. The average Bonchev–Trinajstić information content (AvgIpc) is 2.29. The van der Waals surface area contributed by atoms with E-state index >= 15 is 0 Å². The highest BCUT2D eigenvalue weighted by Gasteiger charge is 1.92. The van der Waals surface area contributed by atoms with Crippen LogP contribution in [0.5, 0.6) is 0 Å². The second-order valence-electron chi connectivity index (χ2n) is 3.74. The Kier molecular flexibility index (Phi) is 6.66. The number of unbranched alkanes of at least 4 members (excludes halogenated alkanes) is 1. The van der Waals surface area contributed by atoms with Crippen molar-refractivity contribution in [2.75, 3.05) is 5.75 Å². The van der Waals surface area contributed by atoms with Crippen LogP contribution in [0.1, 0.15) is 31.7 Å². The van der Waals surface area contributed by atoms with Crippen LogP contribution in [-0.4, -0.2) is 11.5 Å². The Balaban J connectivity index is 2.07. The largest absolute Gasteiger partial charge is 0.300 e. The molecule has 0 spiro atoms. The van der Waals surface area contributed by atoms with Gasteiger partial charge in [0.15, 0.2) is 0 Å². The van der Waals surface area contributed by atoms with Gasteiger partial charge in [-0.1, -0.05) is 30.3 Å². The summed E-state index contributed by atoms with van der Waals surface area (Å²) in [6, 6.07) is 10.3. The summed E-state index contributed by atoms with van der Waals surface area (Å²) in [6.07, 6.45) is 4.98. The normalized spacial score (nSPS) is 10.8. The predicted octanol–water partition coefficient (Wildman–Crippen LogP) is 4.15. The molecule has 0 amide bonds. The number of hydrogen-bond acceptors (Lipinski definition) is 2. The number of benzene rings is 1. The van der Waals surface area contributed by atoms with Crippen molar-refractivity contribution in [2.45, 2.75) is 26.2 Å². The van der Waals surface area contributed by atoms with Crippen molar-refractivity contribution < 1.29 is 4.79 Å². The molecule has 0 aliphatic heterocycles. The Bertz CT molecular complexity index is 330. The van der Waals surface area contributed by atoms with E-state index in [0.717, 1.165) is 25.0 Å². The lowest BCUT2D eigenvalue weighted by atomic mass is 10.2. The fourth-order valence-corrected chi connectivity index (χ4v) is 2.08. The first-order chi connectivity index (χ1) is 7.79. The molecule has 0 saturated carbocycles. The second-order valence-corrected chi connectivity index (χ2v) is 4.76. The number of ketones is 1. The van der Waals surface area contributed by atoms with Crippen molar-refractivity contribution in [1.29, 1.82) is 0 Å². The second kappa shape index (κ2) is 8.17. The van der Waals surface area contributed by atoms with E-state index in [1.807, 2.05) is 30.0 Å². The minimum atomic E-state index is 0.296. The Morgan fingerprint density at radius 2 is 2.00 bits per heavy atom. The van der Waals surface area contributed by atoms with Gasteiger partial charge in [0.1, 0.15) is 5.78 Å². The smallest absolute Gasteiger partial charge is 0.129 e. The van der Waals surface area contributed by atoms with Gasteiger partial charge in [-0.05, 0) is 42.6 Å².